The summed E-state index contributed by atoms with van der Waals surface area (Å²) in [6.07, 6.45) is 6.90. The summed E-state index contributed by atoms with van der Waals surface area (Å²) in [5.41, 5.74) is 6.53. The molecule has 0 radical (unpaired) electrons. The Labute approximate surface area is 188 Å². The zero-order valence-corrected chi connectivity index (χ0v) is 19.8. The predicted molar refractivity (Wildman–Crippen MR) is 123 cm³/mol. The molecule has 0 spiro atoms. The molecule has 0 bridgehead atoms. The van der Waals surface area contributed by atoms with Crippen molar-refractivity contribution in [3.63, 3.8) is 0 Å². The maximum Gasteiger partial charge on any atom is 0.220 e. The van der Waals surface area contributed by atoms with Crippen molar-refractivity contribution in [2.75, 3.05) is 79.9 Å². The normalized spacial score (nSPS) is 25.6. The van der Waals surface area contributed by atoms with E-state index in [1.54, 1.807) is 14.2 Å². The van der Waals surface area contributed by atoms with E-state index >= 15 is 0 Å². The molecule has 1 aliphatic carbocycles. The van der Waals surface area contributed by atoms with Crippen LogP contribution in [-0.4, -0.2) is 96.8 Å². The minimum absolute atomic E-state index is 0.0637. The summed E-state index contributed by atoms with van der Waals surface area (Å²) in [5, 5.41) is 6.57. The van der Waals surface area contributed by atoms with Crippen LogP contribution in [0.5, 0.6) is 0 Å². The van der Waals surface area contributed by atoms with Crippen LogP contribution in [0.2, 0.25) is 0 Å². The van der Waals surface area contributed by atoms with Crippen LogP contribution in [0.1, 0.15) is 44.9 Å². The second-order valence-corrected chi connectivity index (χ2v) is 9.26. The van der Waals surface area contributed by atoms with Crippen molar-refractivity contribution < 1.29 is 19.0 Å². The molecule has 3 atom stereocenters. The average molecular weight is 443 g/mol. The van der Waals surface area contributed by atoms with E-state index in [-0.39, 0.29) is 23.3 Å². The highest BCUT2D eigenvalue weighted by Crippen LogP contribution is 2.42. The largest absolute Gasteiger partial charge is 0.384 e. The molecule has 2 rings (SSSR count). The summed E-state index contributed by atoms with van der Waals surface area (Å²) >= 11 is 0. The van der Waals surface area contributed by atoms with Crippen molar-refractivity contribution in [2.24, 2.45) is 17.1 Å². The molecule has 1 amide bonds. The summed E-state index contributed by atoms with van der Waals surface area (Å²) in [6, 6.07) is 0.198. The summed E-state index contributed by atoms with van der Waals surface area (Å²) in [6.45, 7) is 8.39. The highest BCUT2D eigenvalue weighted by Gasteiger charge is 2.40. The fraction of sp³-hybridized carbons (Fsp3) is 0.957. The number of rotatable bonds is 16. The van der Waals surface area contributed by atoms with Gasteiger partial charge in [0.15, 0.2) is 0 Å². The first-order valence-electron chi connectivity index (χ1n) is 12.1. The van der Waals surface area contributed by atoms with E-state index in [2.05, 4.69) is 15.5 Å². The number of methoxy groups -OCH3 is 2. The lowest BCUT2D eigenvalue weighted by atomic mass is 9.77. The predicted octanol–water partition coefficient (Wildman–Crippen LogP) is 0.991. The van der Waals surface area contributed by atoms with Crippen molar-refractivity contribution in [1.29, 1.82) is 0 Å². The van der Waals surface area contributed by atoms with E-state index < -0.39 is 0 Å². The first kappa shape index (κ1) is 26.5. The third-order valence-electron chi connectivity index (χ3n) is 6.93. The Kier molecular flexibility index (Phi) is 12.9. The molecule has 0 aromatic heterocycles. The summed E-state index contributed by atoms with van der Waals surface area (Å²) in [5.74, 6) is 0.440. The van der Waals surface area contributed by atoms with Gasteiger partial charge in [0.1, 0.15) is 0 Å². The number of ether oxygens (including phenoxy) is 3. The Morgan fingerprint density at radius 2 is 2.06 bits per heavy atom. The van der Waals surface area contributed by atoms with E-state index in [9.17, 15) is 4.79 Å². The smallest absolute Gasteiger partial charge is 0.220 e. The van der Waals surface area contributed by atoms with Gasteiger partial charge in [0.05, 0.1) is 26.4 Å². The lowest BCUT2D eigenvalue weighted by molar-refractivity contribution is -0.122. The zero-order chi connectivity index (χ0) is 22.4. The number of morpholine rings is 1. The van der Waals surface area contributed by atoms with Gasteiger partial charge in [-0.15, -0.1) is 0 Å². The second-order valence-electron chi connectivity index (χ2n) is 9.26. The molecule has 1 aliphatic heterocycles. The monoisotopic (exact) mass is 442 g/mol. The SMILES string of the molecule is COCCNCC(CCC1(COC)CCCC1N)CC(=O)NCCCN1CCOCC1. The highest BCUT2D eigenvalue weighted by molar-refractivity contribution is 5.76. The second kappa shape index (κ2) is 15.1. The van der Waals surface area contributed by atoms with Gasteiger partial charge in [0, 0.05) is 58.3 Å². The number of carbonyl (C=O) groups excluding carboxylic acids is 1. The maximum atomic E-state index is 12.6. The molecule has 8 nitrogen and oxygen atoms in total. The van der Waals surface area contributed by atoms with E-state index in [0.717, 1.165) is 84.6 Å². The van der Waals surface area contributed by atoms with Gasteiger partial charge in [0.25, 0.3) is 0 Å². The molecule has 1 saturated carbocycles. The molecule has 31 heavy (non-hydrogen) atoms. The van der Waals surface area contributed by atoms with Gasteiger partial charge in [-0.05, 0) is 51.1 Å². The van der Waals surface area contributed by atoms with E-state index in [4.69, 9.17) is 19.9 Å². The number of hydrogen-bond acceptors (Lipinski definition) is 7. The fourth-order valence-corrected chi connectivity index (χ4v) is 4.95. The Morgan fingerprint density at radius 3 is 2.74 bits per heavy atom. The van der Waals surface area contributed by atoms with Crippen LogP contribution >= 0.6 is 0 Å². The summed E-state index contributed by atoms with van der Waals surface area (Å²) in [4.78, 5) is 15.0. The summed E-state index contributed by atoms with van der Waals surface area (Å²) < 4.78 is 16.1. The molecule has 1 saturated heterocycles. The van der Waals surface area contributed by atoms with Crippen LogP contribution in [-0.2, 0) is 19.0 Å². The molecule has 4 N–H and O–H groups in total. The van der Waals surface area contributed by atoms with Crippen LogP contribution in [0.3, 0.4) is 0 Å². The van der Waals surface area contributed by atoms with Gasteiger partial charge in [-0.25, -0.2) is 0 Å². The third-order valence-corrected chi connectivity index (χ3v) is 6.93. The molecule has 0 aromatic rings. The van der Waals surface area contributed by atoms with Crippen molar-refractivity contribution in [2.45, 2.75) is 51.0 Å². The van der Waals surface area contributed by atoms with Gasteiger partial charge in [-0.2, -0.15) is 0 Å². The molecule has 0 aromatic carbocycles. The molecule has 2 fully saturated rings. The first-order valence-corrected chi connectivity index (χ1v) is 12.1. The Morgan fingerprint density at radius 1 is 1.26 bits per heavy atom. The number of amides is 1. The van der Waals surface area contributed by atoms with E-state index in [1.165, 1.54) is 6.42 Å². The van der Waals surface area contributed by atoms with Gasteiger partial charge in [-0.3, -0.25) is 9.69 Å². The maximum absolute atomic E-state index is 12.6. The fourth-order valence-electron chi connectivity index (χ4n) is 4.95. The van der Waals surface area contributed by atoms with Crippen LogP contribution < -0.4 is 16.4 Å². The Bertz CT molecular complexity index is 490. The van der Waals surface area contributed by atoms with Gasteiger partial charge in [-0.1, -0.05) is 6.42 Å². The van der Waals surface area contributed by atoms with E-state index in [0.29, 0.717) is 19.6 Å². The minimum Gasteiger partial charge on any atom is -0.384 e. The zero-order valence-electron chi connectivity index (χ0n) is 19.8. The quantitative estimate of drug-likeness (QED) is 0.307. The van der Waals surface area contributed by atoms with Crippen LogP contribution in [0.15, 0.2) is 0 Å². The number of carbonyl (C=O) groups is 1. The molecule has 2 aliphatic rings. The third kappa shape index (κ3) is 9.72. The van der Waals surface area contributed by atoms with Crippen molar-refractivity contribution in [1.82, 2.24) is 15.5 Å². The van der Waals surface area contributed by atoms with Crippen LogP contribution in [0, 0.1) is 11.3 Å². The first-order chi connectivity index (χ1) is 15.1. The molecule has 182 valence electrons. The van der Waals surface area contributed by atoms with Crippen LogP contribution in [0.4, 0.5) is 0 Å². The number of nitrogens with one attached hydrogen (secondary N) is 2. The number of nitrogens with zero attached hydrogens (tertiary/aromatic N) is 1. The topological polar surface area (TPSA) is 98.1 Å². The number of nitrogens with two attached hydrogens (primary N) is 1. The standard InChI is InChI=1S/C23H46N4O4/c1-29-14-10-25-18-20(6-8-23(19-30-2)7-3-5-21(23)24)17-22(28)26-9-4-11-27-12-15-31-16-13-27/h20-21,25H,3-19,24H2,1-2H3,(H,26,28). The van der Waals surface area contributed by atoms with E-state index in [1.807, 2.05) is 0 Å². The molecule has 8 heteroatoms. The molecular formula is C23H46N4O4. The molecule has 1 heterocycles. The van der Waals surface area contributed by atoms with Crippen molar-refractivity contribution >= 4 is 5.91 Å². The van der Waals surface area contributed by atoms with Crippen LogP contribution in [0.25, 0.3) is 0 Å². The summed E-state index contributed by atoms with van der Waals surface area (Å²) in [7, 11) is 3.47. The Balaban J connectivity index is 1.75. The van der Waals surface area contributed by atoms with Crippen molar-refractivity contribution in [3.05, 3.63) is 0 Å². The van der Waals surface area contributed by atoms with Crippen molar-refractivity contribution in [3.8, 4) is 0 Å². The minimum atomic E-state index is 0.0637. The molecular weight excluding hydrogens is 396 g/mol. The van der Waals surface area contributed by atoms with Gasteiger partial charge >= 0.3 is 0 Å². The Hall–Kier alpha value is -0.770. The van der Waals surface area contributed by atoms with Gasteiger partial charge in [0.2, 0.25) is 5.91 Å². The lowest BCUT2D eigenvalue weighted by Crippen LogP contribution is -2.41. The van der Waals surface area contributed by atoms with Gasteiger partial charge < -0.3 is 30.6 Å². The lowest BCUT2D eigenvalue weighted by Gasteiger charge is -2.34. The molecule has 3 unspecified atom stereocenters. The number of hydrogen-bond donors (Lipinski definition) is 3. The highest BCUT2D eigenvalue weighted by atomic mass is 16.5. The average Bonchev–Trinajstić information content (AvgIpc) is 3.13.